The molecule has 1 fully saturated rings. The first-order chi connectivity index (χ1) is 5.06. The predicted molar refractivity (Wildman–Crippen MR) is 46.6 cm³/mol. The molecule has 0 aromatic heterocycles. The third-order valence-electron chi connectivity index (χ3n) is 2.76. The lowest BCUT2D eigenvalue weighted by atomic mass is 9.89. The standard InChI is InChI=1S/C9H19NO/c1-4-10-7-8(11)5-6-9(10,2)3/h8,11H,4-7H2,1-3H3. The summed E-state index contributed by atoms with van der Waals surface area (Å²) in [6.45, 7) is 8.55. The lowest BCUT2D eigenvalue weighted by Gasteiger charge is -2.43. The molecule has 1 atom stereocenters. The monoisotopic (exact) mass is 157 g/mol. The van der Waals surface area contributed by atoms with Crippen molar-refractivity contribution in [3.8, 4) is 0 Å². The second-order valence-electron chi connectivity index (χ2n) is 4.04. The number of aliphatic hydroxyl groups is 1. The molecule has 0 amide bonds. The van der Waals surface area contributed by atoms with Gasteiger partial charge in [0.2, 0.25) is 0 Å². The molecular weight excluding hydrogens is 138 g/mol. The molecule has 0 spiro atoms. The van der Waals surface area contributed by atoms with Gasteiger partial charge in [-0.3, -0.25) is 4.90 Å². The molecule has 0 aromatic carbocycles. The molecule has 1 rings (SSSR count). The van der Waals surface area contributed by atoms with Crippen LogP contribution in [0.2, 0.25) is 0 Å². The third kappa shape index (κ3) is 1.94. The van der Waals surface area contributed by atoms with Crippen molar-refractivity contribution in [3.63, 3.8) is 0 Å². The minimum absolute atomic E-state index is 0.0945. The first-order valence-corrected chi connectivity index (χ1v) is 4.49. The van der Waals surface area contributed by atoms with E-state index in [9.17, 15) is 5.11 Å². The van der Waals surface area contributed by atoms with Crippen LogP contribution >= 0.6 is 0 Å². The van der Waals surface area contributed by atoms with E-state index in [1.807, 2.05) is 0 Å². The van der Waals surface area contributed by atoms with Crippen LogP contribution in [0, 0.1) is 0 Å². The minimum Gasteiger partial charge on any atom is -0.392 e. The van der Waals surface area contributed by atoms with Gasteiger partial charge in [0, 0.05) is 12.1 Å². The van der Waals surface area contributed by atoms with Gasteiger partial charge in [0.25, 0.3) is 0 Å². The number of likely N-dealkylation sites (tertiary alicyclic amines) is 1. The van der Waals surface area contributed by atoms with Crippen molar-refractivity contribution in [3.05, 3.63) is 0 Å². The minimum atomic E-state index is -0.0945. The highest BCUT2D eigenvalue weighted by atomic mass is 16.3. The Hall–Kier alpha value is -0.0800. The van der Waals surface area contributed by atoms with Gasteiger partial charge in [-0.25, -0.2) is 0 Å². The van der Waals surface area contributed by atoms with E-state index in [4.69, 9.17) is 0 Å². The van der Waals surface area contributed by atoms with Gasteiger partial charge in [-0.05, 0) is 33.2 Å². The molecule has 1 aliphatic rings. The summed E-state index contributed by atoms with van der Waals surface area (Å²) in [6.07, 6.45) is 1.98. The number of aliphatic hydroxyl groups excluding tert-OH is 1. The van der Waals surface area contributed by atoms with Crippen molar-refractivity contribution in [2.24, 2.45) is 0 Å². The maximum absolute atomic E-state index is 9.40. The SMILES string of the molecule is CCN1CC(O)CCC1(C)C. The molecule has 1 aliphatic heterocycles. The van der Waals surface area contributed by atoms with Crippen LogP contribution in [-0.4, -0.2) is 34.7 Å². The van der Waals surface area contributed by atoms with Crippen molar-refractivity contribution >= 4 is 0 Å². The first kappa shape index (κ1) is 9.01. The van der Waals surface area contributed by atoms with Gasteiger partial charge in [-0.2, -0.15) is 0 Å². The number of rotatable bonds is 1. The van der Waals surface area contributed by atoms with Crippen LogP contribution in [-0.2, 0) is 0 Å². The smallest absolute Gasteiger partial charge is 0.0668 e. The zero-order chi connectivity index (χ0) is 8.48. The number of likely N-dealkylation sites (N-methyl/N-ethyl adjacent to an activating group) is 1. The summed E-state index contributed by atoms with van der Waals surface area (Å²) in [5.74, 6) is 0. The van der Waals surface area contributed by atoms with E-state index in [1.165, 1.54) is 0 Å². The van der Waals surface area contributed by atoms with Crippen molar-refractivity contribution in [1.29, 1.82) is 0 Å². The second-order valence-corrected chi connectivity index (χ2v) is 4.04. The van der Waals surface area contributed by atoms with Crippen LogP contribution in [0.25, 0.3) is 0 Å². The number of nitrogens with zero attached hydrogens (tertiary/aromatic N) is 1. The molecule has 0 saturated carbocycles. The zero-order valence-electron chi connectivity index (χ0n) is 7.80. The van der Waals surface area contributed by atoms with E-state index >= 15 is 0 Å². The van der Waals surface area contributed by atoms with Gasteiger partial charge >= 0.3 is 0 Å². The van der Waals surface area contributed by atoms with E-state index in [0.717, 1.165) is 25.9 Å². The molecule has 1 N–H and O–H groups in total. The van der Waals surface area contributed by atoms with Gasteiger partial charge in [-0.1, -0.05) is 6.92 Å². The van der Waals surface area contributed by atoms with Crippen LogP contribution in [0.15, 0.2) is 0 Å². The Morgan fingerprint density at radius 3 is 2.64 bits per heavy atom. The fourth-order valence-corrected chi connectivity index (χ4v) is 1.83. The maximum Gasteiger partial charge on any atom is 0.0668 e. The predicted octanol–water partition coefficient (Wildman–Crippen LogP) is 1.24. The molecule has 1 saturated heterocycles. The Balaban J connectivity index is 2.56. The summed E-state index contributed by atoms with van der Waals surface area (Å²) in [4.78, 5) is 2.35. The van der Waals surface area contributed by atoms with Crippen LogP contribution in [0.4, 0.5) is 0 Å². The average Bonchev–Trinajstić information content (AvgIpc) is 1.94. The van der Waals surface area contributed by atoms with Crippen molar-refractivity contribution < 1.29 is 5.11 Å². The second kappa shape index (κ2) is 3.11. The largest absolute Gasteiger partial charge is 0.392 e. The highest BCUT2D eigenvalue weighted by molar-refractivity contribution is 4.87. The van der Waals surface area contributed by atoms with Gasteiger partial charge in [0.1, 0.15) is 0 Å². The van der Waals surface area contributed by atoms with Gasteiger partial charge in [0.05, 0.1) is 6.10 Å². The Morgan fingerprint density at radius 2 is 2.18 bits per heavy atom. The molecular formula is C9H19NO. The van der Waals surface area contributed by atoms with E-state index in [-0.39, 0.29) is 6.10 Å². The van der Waals surface area contributed by atoms with Crippen molar-refractivity contribution in [2.75, 3.05) is 13.1 Å². The Morgan fingerprint density at radius 1 is 1.55 bits per heavy atom. The number of hydrogen-bond acceptors (Lipinski definition) is 2. The maximum atomic E-state index is 9.40. The van der Waals surface area contributed by atoms with E-state index in [2.05, 4.69) is 25.7 Å². The highest BCUT2D eigenvalue weighted by Gasteiger charge is 2.31. The fraction of sp³-hybridized carbons (Fsp3) is 1.00. The molecule has 1 heterocycles. The quantitative estimate of drug-likeness (QED) is 0.619. The average molecular weight is 157 g/mol. The summed E-state index contributed by atoms with van der Waals surface area (Å²) in [5.41, 5.74) is 0.300. The lowest BCUT2D eigenvalue weighted by Crippen LogP contribution is -2.51. The molecule has 0 aromatic rings. The Bertz CT molecular complexity index is 134. The summed E-state index contributed by atoms with van der Waals surface area (Å²) < 4.78 is 0. The topological polar surface area (TPSA) is 23.5 Å². The van der Waals surface area contributed by atoms with Crippen LogP contribution < -0.4 is 0 Å². The lowest BCUT2D eigenvalue weighted by molar-refractivity contribution is -0.000815. The summed E-state index contributed by atoms with van der Waals surface area (Å²) in [7, 11) is 0. The molecule has 11 heavy (non-hydrogen) atoms. The number of piperidine rings is 1. The molecule has 0 radical (unpaired) electrons. The number of β-amino-alcohol motifs (C(OH)–C–C–N with tert-alkyl or cyclic N) is 1. The normalized spacial score (nSPS) is 32.2. The Labute approximate surface area is 69.2 Å². The van der Waals surface area contributed by atoms with Crippen molar-refractivity contribution in [1.82, 2.24) is 4.90 Å². The summed E-state index contributed by atoms with van der Waals surface area (Å²) in [5, 5.41) is 9.40. The zero-order valence-corrected chi connectivity index (χ0v) is 7.80. The first-order valence-electron chi connectivity index (χ1n) is 4.49. The van der Waals surface area contributed by atoms with Gasteiger partial charge < -0.3 is 5.11 Å². The van der Waals surface area contributed by atoms with E-state index in [0.29, 0.717) is 5.54 Å². The summed E-state index contributed by atoms with van der Waals surface area (Å²) in [6, 6.07) is 0. The van der Waals surface area contributed by atoms with Crippen LogP contribution in [0.5, 0.6) is 0 Å². The highest BCUT2D eigenvalue weighted by Crippen LogP contribution is 2.26. The third-order valence-corrected chi connectivity index (χ3v) is 2.76. The summed E-state index contributed by atoms with van der Waals surface area (Å²) >= 11 is 0. The fourth-order valence-electron chi connectivity index (χ4n) is 1.83. The van der Waals surface area contributed by atoms with Gasteiger partial charge in [0.15, 0.2) is 0 Å². The molecule has 2 heteroatoms. The molecule has 2 nitrogen and oxygen atoms in total. The number of hydrogen-bond donors (Lipinski definition) is 1. The van der Waals surface area contributed by atoms with Crippen LogP contribution in [0.1, 0.15) is 33.6 Å². The van der Waals surface area contributed by atoms with Crippen LogP contribution in [0.3, 0.4) is 0 Å². The Kier molecular flexibility index (Phi) is 2.55. The van der Waals surface area contributed by atoms with E-state index < -0.39 is 0 Å². The van der Waals surface area contributed by atoms with Gasteiger partial charge in [-0.15, -0.1) is 0 Å². The molecule has 0 aliphatic carbocycles. The molecule has 0 bridgehead atoms. The van der Waals surface area contributed by atoms with Crippen molar-refractivity contribution in [2.45, 2.75) is 45.3 Å². The molecule has 66 valence electrons. The molecule has 1 unspecified atom stereocenters. The van der Waals surface area contributed by atoms with E-state index in [1.54, 1.807) is 0 Å².